The fraction of sp³-hybridized carbons (Fsp3) is 0.125. The van der Waals surface area contributed by atoms with Crippen molar-refractivity contribution in [2.45, 2.75) is 6.92 Å². The predicted molar refractivity (Wildman–Crippen MR) is 83.3 cm³/mol. The highest BCUT2D eigenvalue weighted by molar-refractivity contribution is 6.10. The van der Waals surface area contributed by atoms with Gasteiger partial charge in [-0.3, -0.25) is 4.79 Å². The lowest BCUT2D eigenvalue weighted by molar-refractivity contribution is -0.112. The molecule has 1 amide bonds. The Balaban J connectivity index is 1.72. The summed E-state index contributed by atoms with van der Waals surface area (Å²) in [7, 11) is 0. The van der Waals surface area contributed by atoms with Gasteiger partial charge in [0.1, 0.15) is 5.82 Å². The lowest BCUT2D eigenvalue weighted by Gasteiger charge is -2.21. The minimum absolute atomic E-state index is 0.313. The van der Waals surface area contributed by atoms with Gasteiger partial charge in [-0.25, -0.2) is 4.39 Å². The summed E-state index contributed by atoms with van der Waals surface area (Å²) in [5.74, 6) is 0.0333. The number of nitrogens with one attached hydrogen (secondary N) is 1. The van der Waals surface area contributed by atoms with Crippen LogP contribution in [0.15, 0.2) is 65.7 Å². The summed E-state index contributed by atoms with van der Waals surface area (Å²) in [6.45, 7) is 6.37. The van der Waals surface area contributed by atoms with Gasteiger partial charge in [0.15, 0.2) is 11.9 Å². The molecular weight excluding hydrogens is 283 g/mol. The van der Waals surface area contributed by atoms with Gasteiger partial charge >= 0.3 is 0 Å². The fourth-order valence-electron chi connectivity index (χ4n) is 2.13. The number of rotatable bonds is 3. The normalized spacial score (nSPS) is 16.9. The number of nitrogens with zero attached hydrogens (tertiary/aromatic N) is 3. The SMILES string of the molecule is C=C(C)N1C=CC2=NC(C(=O)Nc3ccc(F)cc3)=C[N+]2C1. The second-order valence-corrected chi connectivity index (χ2v) is 5.08. The Bertz CT molecular complexity index is 718. The number of aliphatic imine (C=N–C) groups is 1. The van der Waals surface area contributed by atoms with Crippen LogP contribution in [0.2, 0.25) is 0 Å². The maximum atomic E-state index is 12.9. The molecule has 5 nitrogen and oxygen atoms in total. The summed E-state index contributed by atoms with van der Waals surface area (Å²) in [4.78, 5) is 20.3. The Morgan fingerprint density at radius 3 is 2.82 bits per heavy atom. The number of allylic oxidation sites excluding steroid dienone is 1. The molecule has 0 spiro atoms. The van der Waals surface area contributed by atoms with Gasteiger partial charge in [0.25, 0.3) is 11.7 Å². The molecule has 0 atom stereocenters. The van der Waals surface area contributed by atoms with E-state index in [0.29, 0.717) is 23.9 Å². The van der Waals surface area contributed by atoms with E-state index in [-0.39, 0.29) is 11.7 Å². The predicted octanol–water partition coefficient (Wildman–Crippen LogP) is 2.48. The fourth-order valence-corrected chi connectivity index (χ4v) is 2.13. The molecule has 1 radical (unpaired) electrons. The average molecular weight is 298 g/mol. The minimum Gasteiger partial charge on any atom is -0.320 e. The van der Waals surface area contributed by atoms with Crippen LogP contribution in [-0.4, -0.2) is 23.3 Å². The molecule has 0 saturated carbocycles. The molecule has 0 fully saturated rings. The van der Waals surface area contributed by atoms with Crippen molar-refractivity contribution in [1.29, 1.82) is 0 Å². The Hall–Kier alpha value is -2.73. The molecule has 0 aliphatic carbocycles. The summed E-state index contributed by atoms with van der Waals surface area (Å²) < 4.78 is 12.9. The summed E-state index contributed by atoms with van der Waals surface area (Å²) >= 11 is 0. The number of halogens is 1. The zero-order valence-corrected chi connectivity index (χ0v) is 12.1. The molecule has 0 bridgehead atoms. The molecule has 2 aliphatic heterocycles. The smallest absolute Gasteiger partial charge is 0.285 e. The molecule has 1 aromatic carbocycles. The van der Waals surface area contributed by atoms with Crippen LogP contribution in [0.4, 0.5) is 10.1 Å². The third kappa shape index (κ3) is 2.82. The lowest BCUT2D eigenvalue weighted by Crippen LogP contribution is -2.40. The molecule has 1 aromatic rings. The first-order chi connectivity index (χ1) is 10.5. The maximum Gasteiger partial charge on any atom is 0.285 e. The summed E-state index contributed by atoms with van der Waals surface area (Å²) in [6.07, 6.45) is 5.40. The molecule has 111 valence electrons. The van der Waals surface area contributed by atoms with E-state index in [2.05, 4.69) is 16.9 Å². The average Bonchev–Trinajstić information content (AvgIpc) is 2.92. The summed E-state index contributed by atoms with van der Waals surface area (Å²) in [5, 5.41) is 2.69. The van der Waals surface area contributed by atoms with Gasteiger partial charge in [-0.15, -0.1) is 0 Å². The first-order valence-electron chi connectivity index (χ1n) is 6.77. The number of carbonyl (C=O) groups is 1. The topological polar surface area (TPSA) is 50.6 Å². The van der Waals surface area contributed by atoms with E-state index >= 15 is 0 Å². The second-order valence-electron chi connectivity index (χ2n) is 5.08. The molecule has 2 heterocycles. The molecule has 3 rings (SSSR count). The molecule has 0 saturated heterocycles. The van der Waals surface area contributed by atoms with Crippen LogP contribution in [0.1, 0.15) is 6.92 Å². The van der Waals surface area contributed by atoms with Gasteiger partial charge in [0.05, 0.1) is 0 Å². The quantitative estimate of drug-likeness (QED) is 0.872. The lowest BCUT2D eigenvalue weighted by atomic mass is 10.3. The van der Waals surface area contributed by atoms with Crippen molar-refractivity contribution in [3.05, 3.63) is 66.5 Å². The van der Waals surface area contributed by atoms with Gasteiger partial charge in [-0.2, -0.15) is 4.99 Å². The zero-order chi connectivity index (χ0) is 15.7. The van der Waals surface area contributed by atoms with Gasteiger partial charge in [0.2, 0.25) is 6.67 Å². The zero-order valence-electron chi connectivity index (χ0n) is 12.1. The number of hydrogen-bond acceptors (Lipinski definition) is 4. The van der Waals surface area contributed by atoms with Gasteiger partial charge in [-0.1, -0.05) is 11.5 Å². The molecule has 1 N–H and O–H groups in total. The monoisotopic (exact) mass is 298 g/mol. The highest BCUT2D eigenvalue weighted by Gasteiger charge is 2.34. The van der Waals surface area contributed by atoms with E-state index in [1.165, 1.54) is 24.3 Å². The van der Waals surface area contributed by atoms with E-state index in [0.717, 1.165) is 5.70 Å². The van der Waals surface area contributed by atoms with Gasteiger partial charge < -0.3 is 10.2 Å². The Kier molecular flexibility index (Phi) is 3.60. The number of amides is 1. The van der Waals surface area contributed by atoms with E-state index in [1.54, 1.807) is 6.20 Å². The van der Waals surface area contributed by atoms with E-state index < -0.39 is 0 Å². The van der Waals surface area contributed by atoms with Crippen LogP contribution in [0.25, 0.3) is 0 Å². The van der Waals surface area contributed by atoms with Crippen molar-refractivity contribution in [2.24, 2.45) is 4.99 Å². The third-order valence-electron chi connectivity index (χ3n) is 3.34. The largest absolute Gasteiger partial charge is 0.320 e. The van der Waals surface area contributed by atoms with Gasteiger partial charge in [0, 0.05) is 23.7 Å². The Morgan fingerprint density at radius 2 is 2.14 bits per heavy atom. The summed E-state index contributed by atoms with van der Waals surface area (Å²) in [5.41, 5.74) is 1.75. The third-order valence-corrected chi connectivity index (χ3v) is 3.34. The highest BCUT2D eigenvalue weighted by atomic mass is 19.1. The van der Waals surface area contributed by atoms with Crippen LogP contribution in [0.5, 0.6) is 0 Å². The van der Waals surface area contributed by atoms with Crippen LogP contribution in [0.3, 0.4) is 0 Å². The van der Waals surface area contributed by atoms with Crippen LogP contribution in [0, 0.1) is 5.82 Å². The van der Waals surface area contributed by atoms with E-state index in [9.17, 15) is 9.18 Å². The summed E-state index contributed by atoms with van der Waals surface area (Å²) in [6, 6.07) is 5.60. The molecule has 2 aliphatic rings. The van der Waals surface area contributed by atoms with Crippen LogP contribution < -0.4 is 10.2 Å². The number of amidine groups is 1. The van der Waals surface area contributed by atoms with Gasteiger partial charge in [-0.05, 0) is 31.2 Å². The first kappa shape index (κ1) is 14.2. The van der Waals surface area contributed by atoms with Crippen molar-refractivity contribution in [3.8, 4) is 0 Å². The van der Waals surface area contributed by atoms with Crippen molar-refractivity contribution >= 4 is 17.4 Å². The molecular formula is C16H15FN4O+. The Labute approximate surface area is 127 Å². The van der Waals surface area contributed by atoms with Crippen molar-refractivity contribution in [1.82, 2.24) is 9.80 Å². The number of carbonyl (C=O) groups excluding carboxylic acids is 1. The van der Waals surface area contributed by atoms with Crippen molar-refractivity contribution in [2.75, 3.05) is 12.0 Å². The first-order valence-corrected chi connectivity index (χ1v) is 6.77. The Morgan fingerprint density at radius 1 is 1.41 bits per heavy atom. The molecule has 6 heteroatoms. The number of anilines is 1. The minimum atomic E-state index is -0.347. The van der Waals surface area contributed by atoms with E-state index in [1.807, 2.05) is 29.0 Å². The number of fused-ring (bicyclic) bond motifs is 1. The highest BCUT2D eigenvalue weighted by Crippen LogP contribution is 2.18. The molecule has 0 unspecified atom stereocenters. The molecule has 0 aromatic heterocycles. The standard InChI is InChI=1S/C16H15FN4O/c1-11(2)20-8-7-15-19-14(9-21(15)10-20)16(22)18-13-5-3-12(17)4-6-13/h3-9H,1,10H2,2H3,(H,18,22)/q+1. The van der Waals surface area contributed by atoms with Crippen molar-refractivity contribution in [3.63, 3.8) is 0 Å². The van der Waals surface area contributed by atoms with Crippen LogP contribution in [-0.2, 0) is 4.79 Å². The number of benzene rings is 1. The van der Waals surface area contributed by atoms with Crippen molar-refractivity contribution < 1.29 is 9.18 Å². The number of hydrogen-bond donors (Lipinski definition) is 1. The maximum absolute atomic E-state index is 12.9. The second kappa shape index (κ2) is 5.57. The van der Waals surface area contributed by atoms with Crippen LogP contribution >= 0.6 is 0 Å². The van der Waals surface area contributed by atoms with E-state index in [4.69, 9.17) is 0 Å². The molecule has 22 heavy (non-hydrogen) atoms.